The van der Waals surface area contributed by atoms with E-state index in [1.54, 1.807) is 12.1 Å². The van der Waals surface area contributed by atoms with E-state index in [1.165, 1.54) is 43.5 Å². The molecule has 0 bridgehead atoms. The van der Waals surface area contributed by atoms with Crippen molar-refractivity contribution in [1.29, 1.82) is 0 Å². The number of carbonyl (C=O) groups is 1. The van der Waals surface area contributed by atoms with Gasteiger partial charge in [0.25, 0.3) is 11.4 Å². The molecule has 2 aromatic carbocycles. The summed E-state index contributed by atoms with van der Waals surface area (Å²) in [6.45, 7) is 0. The lowest BCUT2D eigenvalue weighted by Crippen LogP contribution is -2.18. The Morgan fingerprint density at radius 2 is 1.54 bits per heavy atom. The van der Waals surface area contributed by atoms with E-state index >= 15 is 0 Å². The quantitative estimate of drug-likeness (QED) is 0.457. The van der Waals surface area contributed by atoms with Gasteiger partial charge in [0.2, 0.25) is 0 Å². The van der Waals surface area contributed by atoms with Crippen molar-refractivity contribution in [2.45, 2.75) is 12.3 Å². The topological polar surface area (TPSA) is 113 Å². The third-order valence-electron chi connectivity index (χ3n) is 3.61. The molecule has 0 aliphatic rings. The van der Waals surface area contributed by atoms with E-state index in [9.17, 15) is 25.0 Å². The highest BCUT2D eigenvalue weighted by Gasteiger charge is 2.30. The van der Waals surface area contributed by atoms with Crippen LogP contribution in [0.15, 0.2) is 48.5 Å². The summed E-state index contributed by atoms with van der Waals surface area (Å²) in [5.74, 6) is -1.71. The number of hydrogen-bond acceptors (Lipinski definition) is 6. The van der Waals surface area contributed by atoms with Crippen LogP contribution in [0.25, 0.3) is 0 Å². The van der Waals surface area contributed by atoms with Crippen molar-refractivity contribution >= 4 is 17.3 Å². The Balaban J connectivity index is 2.51. The van der Waals surface area contributed by atoms with Crippen LogP contribution < -0.4 is 0 Å². The molecule has 0 spiro atoms. The Labute approximate surface area is 137 Å². The van der Waals surface area contributed by atoms with E-state index in [1.807, 2.05) is 0 Å². The summed E-state index contributed by atoms with van der Waals surface area (Å²) < 4.78 is 4.74. The lowest BCUT2D eigenvalue weighted by Gasteiger charge is -2.15. The molecule has 0 aliphatic carbocycles. The van der Waals surface area contributed by atoms with Crippen LogP contribution in [0.5, 0.6) is 0 Å². The summed E-state index contributed by atoms with van der Waals surface area (Å²) in [5, 5.41) is 22.3. The van der Waals surface area contributed by atoms with Crippen molar-refractivity contribution in [3.63, 3.8) is 0 Å². The van der Waals surface area contributed by atoms with Gasteiger partial charge in [-0.15, -0.1) is 0 Å². The first kappa shape index (κ1) is 17.1. The normalized spacial score (nSPS) is 11.5. The Bertz CT molecular complexity index is 790. The smallest absolute Gasteiger partial charge is 0.313 e. The van der Waals surface area contributed by atoms with Crippen LogP contribution in [-0.4, -0.2) is 22.9 Å². The fourth-order valence-electron chi connectivity index (χ4n) is 2.49. The highest BCUT2D eigenvalue weighted by atomic mass is 16.6. The van der Waals surface area contributed by atoms with Gasteiger partial charge in [-0.3, -0.25) is 25.0 Å². The molecule has 124 valence electrons. The van der Waals surface area contributed by atoms with Gasteiger partial charge in [0.1, 0.15) is 0 Å². The van der Waals surface area contributed by atoms with Gasteiger partial charge in [-0.05, 0) is 6.42 Å². The zero-order valence-corrected chi connectivity index (χ0v) is 12.7. The van der Waals surface area contributed by atoms with Gasteiger partial charge in [0, 0.05) is 23.3 Å². The predicted octanol–water partition coefficient (Wildman–Crippen LogP) is 3.00. The first-order valence-corrected chi connectivity index (χ1v) is 6.99. The maximum atomic E-state index is 12.2. The van der Waals surface area contributed by atoms with Gasteiger partial charge in [0.05, 0.1) is 22.9 Å². The molecule has 0 N–H and O–H groups in total. The Hall–Kier alpha value is -3.29. The number of nitrogens with zero attached hydrogens (tertiary/aromatic N) is 2. The molecule has 0 aromatic heterocycles. The van der Waals surface area contributed by atoms with Crippen molar-refractivity contribution in [2.75, 3.05) is 7.11 Å². The van der Waals surface area contributed by atoms with Crippen LogP contribution in [-0.2, 0) is 16.0 Å². The molecule has 0 aliphatic heterocycles. The molecule has 8 heteroatoms. The average molecular weight is 330 g/mol. The molecule has 2 rings (SSSR count). The summed E-state index contributed by atoms with van der Waals surface area (Å²) >= 11 is 0. The maximum absolute atomic E-state index is 12.2. The second-order valence-electron chi connectivity index (χ2n) is 4.98. The molecule has 0 heterocycles. The Morgan fingerprint density at radius 3 is 2.12 bits per heavy atom. The molecule has 1 atom stereocenters. The van der Waals surface area contributed by atoms with E-state index in [-0.39, 0.29) is 23.4 Å². The molecule has 24 heavy (non-hydrogen) atoms. The molecule has 0 saturated carbocycles. The van der Waals surface area contributed by atoms with Gasteiger partial charge in [-0.2, -0.15) is 0 Å². The van der Waals surface area contributed by atoms with Crippen LogP contribution in [0.4, 0.5) is 11.4 Å². The average Bonchev–Trinajstić information content (AvgIpc) is 2.59. The molecule has 0 saturated heterocycles. The molecule has 2 aromatic rings. The van der Waals surface area contributed by atoms with Crippen LogP contribution in [0.3, 0.4) is 0 Å². The number of ether oxygens (including phenoxy) is 1. The standard InChI is InChI=1S/C16H14N2O6/c1-24-16(19)13(12-7-3-5-9-15(12)18(22)23)10-11-6-2-4-8-14(11)17(20)21/h2-9,13H,10H2,1H3. The number of esters is 1. The number of nitro benzene ring substituents is 2. The number of benzene rings is 2. The lowest BCUT2D eigenvalue weighted by atomic mass is 9.90. The number of para-hydroxylation sites is 2. The monoisotopic (exact) mass is 330 g/mol. The number of rotatable bonds is 6. The predicted molar refractivity (Wildman–Crippen MR) is 84.7 cm³/mol. The maximum Gasteiger partial charge on any atom is 0.313 e. The second kappa shape index (κ2) is 7.32. The van der Waals surface area contributed by atoms with E-state index in [0.29, 0.717) is 5.56 Å². The van der Waals surface area contributed by atoms with Crippen molar-refractivity contribution in [2.24, 2.45) is 0 Å². The minimum Gasteiger partial charge on any atom is -0.469 e. The summed E-state index contributed by atoms with van der Waals surface area (Å²) in [5.41, 5.74) is 0.0834. The molecular weight excluding hydrogens is 316 g/mol. The number of hydrogen-bond donors (Lipinski definition) is 0. The largest absolute Gasteiger partial charge is 0.469 e. The Kier molecular flexibility index (Phi) is 5.20. The third-order valence-corrected chi connectivity index (χ3v) is 3.61. The van der Waals surface area contributed by atoms with Crippen molar-refractivity contribution in [3.05, 3.63) is 79.9 Å². The zero-order chi connectivity index (χ0) is 17.7. The van der Waals surface area contributed by atoms with Gasteiger partial charge in [0.15, 0.2) is 0 Å². The van der Waals surface area contributed by atoms with Crippen molar-refractivity contribution in [1.82, 2.24) is 0 Å². The summed E-state index contributed by atoms with van der Waals surface area (Å²) in [6, 6.07) is 11.7. The van der Waals surface area contributed by atoms with E-state index in [2.05, 4.69) is 0 Å². The van der Waals surface area contributed by atoms with Crippen LogP contribution >= 0.6 is 0 Å². The van der Waals surface area contributed by atoms with Gasteiger partial charge in [-0.1, -0.05) is 36.4 Å². The molecule has 1 unspecified atom stereocenters. The number of nitro groups is 2. The van der Waals surface area contributed by atoms with Gasteiger partial charge in [-0.25, -0.2) is 0 Å². The van der Waals surface area contributed by atoms with Gasteiger partial charge < -0.3 is 4.74 Å². The van der Waals surface area contributed by atoms with Crippen LogP contribution in [0, 0.1) is 20.2 Å². The highest BCUT2D eigenvalue weighted by molar-refractivity contribution is 5.80. The van der Waals surface area contributed by atoms with E-state index in [0.717, 1.165) is 0 Å². The zero-order valence-electron chi connectivity index (χ0n) is 12.7. The third kappa shape index (κ3) is 3.54. The molecule has 0 amide bonds. The Morgan fingerprint density at radius 1 is 1.00 bits per heavy atom. The fourth-order valence-corrected chi connectivity index (χ4v) is 2.49. The van der Waals surface area contributed by atoms with Crippen molar-refractivity contribution in [3.8, 4) is 0 Å². The second-order valence-corrected chi connectivity index (χ2v) is 4.98. The van der Waals surface area contributed by atoms with Gasteiger partial charge >= 0.3 is 5.97 Å². The first-order chi connectivity index (χ1) is 11.5. The van der Waals surface area contributed by atoms with Crippen LogP contribution in [0.2, 0.25) is 0 Å². The fraction of sp³-hybridized carbons (Fsp3) is 0.188. The molecule has 8 nitrogen and oxygen atoms in total. The lowest BCUT2D eigenvalue weighted by molar-refractivity contribution is -0.386. The number of carbonyl (C=O) groups excluding carboxylic acids is 1. The number of methoxy groups -OCH3 is 1. The summed E-state index contributed by atoms with van der Waals surface area (Å²) in [6.07, 6.45) is -0.0747. The van der Waals surface area contributed by atoms with E-state index < -0.39 is 21.7 Å². The SMILES string of the molecule is COC(=O)C(Cc1ccccc1[N+](=O)[O-])c1ccccc1[N+](=O)[O-]. The molecular formula is C16H14N2O6. The van der Waals surface area contributed by atoms with E-state index in [4.69, 9.17) is 4.74 Å². The van der Waals surface area contributed by atoms with Crippen LogP contribution in [0.1, 0.15) is 17.0 Å². The summed E-state index contributed by atoms with van der Waals surface area (Å²) in [4.78, 5) is 33.4. The van der Waals surface area contributed by atoms with Crippen molar-refractivity contribution < 1.29 is 19.4 Å². The minimum absolute atomic E-state index is 0.0747. The molecule has 0 radical (unpaired) electrons. The highest BCUT2D eigenvalue weighted by Crippen LogP contribution is 2.32. The molecule has 0 fully saturated rings. The minimum atomic E-state index is -1.02. The summed E-state index contributed by atoms with van der Waals surface area (Å²) in [7, 11) is 1.17. The first-order valence-electron chi connectivity index (χ1n) is 6.99.